The summed E-state index contributed by atoms with van der Waals surface area (Å²) in [6.07, 6.45) is 4.53. The zero-order valence-electron chi connectivity index (χ0n) is 12.0. The second-order valence-corrected chi connectivity index (χ2v) is 5.84. The number of thiazole rings is 1. The van der Waals surface area contributed by atoms with Crippen LogP contribution in [-0.4, -0.2) is 24.5 Å². The lowest BCUT2D eigenvalue weighted by Gasteiger charge is -2.06. The molecule has 112 valence electrons. The SMILES string of the molecule is O=c1c2nccnc2ncn1Cc1scnc1-c1ccccc1. The highest BCUT2D eigenvalue weighted by molar-refractivity contribution is 7.10. The van der Waals surface area contributed by atoms with Crippen molar-refractivity contribution in [1.29, 1.82) is 0 Å². The van der Waals surface area contributed by atoms with E-state index in [1.165, 1.54) is 34.6 Å². The maximum atomic E-state index is 12.5. The van der Waals surface area contributed by atoms with Crippen molar-refractivity contribution in [2.45, 2.75) is 6.54 Å². The van der Waals surface area contributed by atoms with Gasteiger partial charge in [-0.2, -0.15) is 0 Å². The average Bonchev–Trinajstić information content (AvgIpc) is 3.07. The molecule has 4 rings (SSSR count). The minimum Gasteiger partial charge on any atom is -0.292 e. The Kier molecular flexibility index (Phi) is 3.39. The highest BCUT2D eigenvalue weighted by Gasteiger charge is 2.12. The van der Waals surface area contributed by atoms with E-state index in [0.29, 0.717) is 12.2 Å². The van der Waals surface area contributed by atoms with Gasteiger partial charge >= 0.3 is 0 Å². The number of benzene rings is 1. The van der Waals surface area contributed by atoms with E-state index in [-0.39, 0.29) is 11.1 Å². The molecular formula is C16H11N5OS. The average molecular weight is 321 g/mol. The van der Waals surface area contributed by atoms with Crippen LogP contribution >= 0.6 is 11.3 Å². The molecule has 0 bridgehead atoms. The van der Waals surface area contributed by atoms with Crippen molar-refractivity contribution in [3.63, 3.8) is 0 Å². The zero-order valence-corrected chi connectivity index (χ0v) is 12.8. The van der Waals surface area contributed by atoms with E-state index in [1.54, 1.807) is 5.51 Å². The lowest BCUT2D eigenvalue weighted by atomic mass is 10.1. The van der Waals surface area contributed by atoms with E-state index in [1.807, 2.05) is 30.3 Å². The van der Waals surface area contributed by atoms with Crippen LogP contribution in [0.15, 0.2) is 59.4 Å². The summed E-state index contributed by atoms with van der Waals surface area (Å²) in [7, 11) is 0. The molecule has 0 spiro atoms. The summed E-state index contributed by atoms with van der Waals surface area (Å²) in [6.45, 7) is 0.410. The monoisotopic (exact) mass is 321 g/mol. The summed E-state index contributed by atoms with van der Waals surface area (Å²) in [4.78, 5) is 30.3. The first-order valence-electron chi connectivity index (χ1n) is 6.97. The summed E-state index contributed by atoms with van der Waals surface area (Å²) >= 11 is 1.52. The molecule has 3 aromatic heterocycles. The van der Waals surface area contributed by atoms with Crippen LogP contribution in [0.4, 0.5) is 0 Å². The van der Waals surface area contributed by atoms with Crippen molar-refractivity contribution in [2.24, 2.45) is 0 Å². The molecule has 7 heteroatoms. The van der Waals surface area contributed by atoms with Crippen LogP contribution in [0.2, 0.25) is 0 Å². The first-order valence-corrected chi connectivity index (χ1v) is 7.85. The van der Waals surface area contributed by atoms with Gasteiger partial charge in [0.1, 0.15) is 6.33 Å². The molecule has 6 nitrogen and oxygen atoms in total. The fourth-order valence-electron chi connectivity index (χ4n) is 2.37. The van der Waals surface area contributed by atoms with Crippen molar-refractivity contribution in [3.8, 4) is 11.3 Å². The van der Waals surface area contributed by atoms with Crippen molar-refractivity contribution >= 4 is 22.5 Å². The van der Waals surface area contributed by atoms with Gasteiger partial charge in [-0.25, -0.2) is 19.9 Å². The third kappa shape index (κ3) is 2.51. The van der Waals surface area contributed by atoms with Crippen LogP contribution in [0.5, 0.6) is 0 Å². The quantitative estimate of drug-likeness (QED) is 0.579. The van der Waals surface area contributed by atoms with Crippen LogP contribution in [-0.2, 0) is 6.54 Å². The standard InChI is InChI=1S/C16H11N5OS/c22-16-14-15(18-7-6-17-14)19-9-21(16)8-12-13(20-10-23-12)11-4-2-1-3-5-11/h1-7,9-10H,8H2. The van der Waals surface area contributed by atoms with Gasteiger partial charge in [0, 0.05) is 18.0 Å². The summed E-state index contributed by atoms with van der Waals surface area (Å²) < 4.78 is 1.54. The molecule has 0 N–H and O–H groups in total. The molecule has 3 heterocycles. The van der Waals surface area contributed by atoms with E-state index in [2.05, 4.69) is 19.9 Å². The maximum Gasteiger partial charge on any atom is 0.281 e. The minimum atomic E-state index is -0.199. The van der Waals surface area contributed by atoms with Gasteiger partial charge in [0.2, 0.25) is 0 Å². The molecule has 23 heavy (non-hydrogen) atoms. The molecule has 0 amide bonds. The molecule has 4 aromatic rings. The highest BCUT2D eigenvalue weighted by Crippen LogP contribution is 2.25. The van der Waals surface area contributed by atoms with E-state index in [4.69, 9.17) is 0 Å². The molecule has 0 radical (unpaired) electrons. The van der Waals surface area contributed by atoms with E-state index >= 15 is 0 Å². The van der Waals surface area contributed by atoms with Gasteiger partial charge in [-0.15, -0.1) is 11.3 Å². The maximum absolute atomic E-state index is 12.5. The molecule has 0 aliphatic rings. The molecule has 0 atom stereocenters. The fourth-order valence-corrected chi connectivity index (χ4v) is 3.15. The Bertz CT molecular complexity index is 1030. The summed E-state index contributed by atoms with van der Waals surface area (Å²) in [6, 6.07) is 9.92. The molecule has 0 unspecified atom stereocenters. The number of hydrogen-bond acceptors (Lipinski definition) is 6. The van der Waals surface area contributed by atoms with Crippen LogP contribution in [0.25, 0.3) is 22.4 Å². The normalized spacial score (nSPS) is 11.0. The predicted molar refractivity (Wildman–Crippen MR) is 88.2 cm³/mol. The van der Waals surface area contributed by atoms with Crippen molar-refractivity contribution in [2.75, 3.05) is 0 Å². The van der Waals surface area contributed by atoms with Gasteiger partial charge in [0.05, 0.1) is 22.6 Å². The van der Waals surface area contributed by atoms with E-state index in [0.717, 1.165) is 16.1 Å². The van der Waals surface area contributed by atoms with Gasteiger partial charge in [-0.3, -0.25) is 9.36 Å². The number of hydrogen-bond donors (Lipinski definition) is 0. The minimum absolute atomic E-state index is 0.199. The molecule has 0 fully saturated rings. The highest BCUT2D eigenvalue weighted by atomic mass is 32.1. The Morgan fingerprint density at radius 2 is 1.83 bits per heavy atom. The Labute approximate surface area is 135 Å². The third-order valence-electron chi connectivity index (χ3n) is 3.46. The lowest BCUT2D eigenvalue weighted by Crippen LogP contribution is -2.22. The van der Waals surface area contributed by atoms with Gasteiger partial charge < -0.3 is 0 Å². The van der Waals surface area contributed by atoms with Gasteiger partial charge in [0.25, 0.3) is 5.56 Å². The van der Waals surface area contributed by atoms with Crippen molar-refractivity contribution in [1.82, 2.24) is 24.5 Å². The number of nitrogens with zero attached hydrogens (tertiary/aromatic N) is 5. The van der Waals surface area contributed by atoms with E-state index < -0.39 is 0 Å². The first-order chi connectivity index (χ1) is 11.3. The first kappa shape index (κ1) is 13.7. The zero-order chi connectivity index (χ0) is 15.6. The summed E-state index contributed by atoms with van der Waals surface area (Å²) in [5.74, 6) is 0. The van der Waals surface area contributed by atoms with E-state index in [9.17, 15) is 4.79 Å². The predicted octanol–water partition coefficient (Wildman–Crippen LogP) is 2.36. The topological polar surface area (TPSA) is 73.6 Å². The van der Waals surface area contributed by atoms with Crippen molar-refractivity contribution in [3.05, 3.63) is 69.8 Å². The van der Waals surface area contributed by atoms with Crippen LogP contribution < -0.4 is 5.56 Å². The fraction of sp³-hybridized carbons (Fsp3) is 0.0625. The molecular weight excluding hydrogens is 310 g/mol. The van der Waals surface area contributed by atoms with Gasteiger partial charge in [0.15, 0.2) is 11.2 Å². The van der Waals surface area contributed by atoms with Gasteiger partial charge in [-0.05, 0) is 0 Å². The van der Waals surface area contributed by atoms with Crippen LogP contribution in [0, 0.1) is 0 Å². The lowest BCUT2D eigenvalue weighted by molar-refractivity contribution is 0.753. The van der Waals surface area contributed by atoms with Crippen LogP contribution in [0.3, 0.4) is 0 Å². The summed E-state index contributed by atoms with van der Waals surface area (Å²) in [5, 5.41) is 0. The molecule has 1 aromatic carbocycles. The largest absolute Gasteiger partial charge is 0.292 e. The van der Waals surface area contributed by atoms with Crippen molar-refractivity contribution < 1.29 is 0 Å². The Balaban J connectivity index is 1.77. The second kappa shape index (κ2) is 5.69. The molecule has 0 aliphatic heterocycles. The third-order valence-corrected chi connectivity index (χ3v) is 4.28. The Hall–Kier alpha value is -2.93. The number of fused-ring (bicyclic) bond motifs is 1. The smallest absolute Gasteiger partial charge is 0.281 e. The number of rotatable bonds is 3. The Morgan fingerprint density at radius 1 is 1.00 bits per heavy atom. The van der Waals surface area contributed by atoms with Gasteiger partial charge in [-0.1, -0.05) is 30.3 Å². The molecule has 0 saturated carbocycles. The molecule has 0 saturated heterocycles. The molecule has 0 aliphatic carbocycles. The Morgan fingerprint density at radius 3 is 2.70 bits per heavy atom. The second-order valence-electron chi connectivity index (χ2n) is 4.90. The number of aromatic nitrogens is 5. The summed E-state index contributed by atoms with van der Waals surface area (Å²) in [5.41, 5.74) is 4.15. The van der Waals surface area contributed by atoms with Crippen LogP contribution in [0.1, 0.15) is 4.88 Å².